The smallest absolute Gasteiger partial charge is 0.328 e. The second-order valence-electron chi connectivity index (χ2n) is 4.11. The molecular weight excluding hydrogens is 224 g/mol. The van der Waals surface area contributed by atoms with Crippen molar-refractivity contribution in [3.63, 3.8) is 0 Å². The Labute approximate surface area is 106 Å². The van der Waals surface area contributed by atoms with Crippen LogP contribution in [0.15, 0.2) is 60.7 Å². The summed E-state index contributed by atoms with van der Waals surface area (Å²) in [5.74, 6) is -0.917. The second kappa shape index (κ2) is 5.32. The lowest BCUT2D eigenvalue weighted by Gasteiger charge is -2.04. The fourth-order valence-corrected chi connectivity index (χ4v) is 1.82. The Hall–Kier alpha value is -2.35. The Balaban J connectivity index is 2.29. The summed E-state index contributed by atoms with van der Waals surface area (Å²) in [5, 5.41) is 8.70. The summed E-state index contributed by atoms with van der Waals surface area (Å²) in [7, 11) is 0. The van der Waals surface area contributed by atoms with Gasteiger partial charge in [-0.15, -0.1) is 0 Å². The quantitative estimate of drug-likeness (QED) is 0.825. The highest BCUT2D eigenvalue weighted by atomic mass is 16.4. The Morgan fingerprint density at radius 2 is 1.50 bits per heavy atom. The van der Waals surface area contributed by atoms with Gasteiger partial charge in [-0.05, 0) is 29.2 Å². The number of hydrogen-bond acceptors (Lipinski definition) is 1. The Morgan fingerprint density at radius 1 is 0.944 bits per heavy atom. The first kappa shape index (κ1) is 12.1. The third-order valence-corrected chi connectivity index (χ3v) is 2.79. The molecule has 2 rings (SSSR count). The molecule has 0 spiro atoms. The zero-order chi connectivity index (χ0) is 13.0. The molecule has 2 nitrogen and oxygen atoms in total. The van der Waals surface area contributed by atoms with Crippen LogP contribution in [0.4, 0.5) is 0 Å². The van der Waals surface area contributed by atoms with Gasteiger partial charge in [-0.25, -0.2) is 4.79 Å². The van der Waals surface area contributed by atoms with Gasteiger partial charge in [0, 0.05) is 6.08 Å². The van der Waals surface area contributed by atoms with Crippen molar-refractivity contribution in [3.05, 3.63) is 66.2 Å². The molecule has 18 heavy (non-hydrogen) atoms. The van der Waals surface area contributed by atoms with Crippen molar-refractivity contribution in [1.82, 2.24) is 0 Å². The summed E-state index contributed by atoms with van der Waals surface area (Å²) in [6, 6.07) is 18.0. The van der Waals surface area contributed by atoms with E-state index in [9.17, 15) is 4.79 Å². The highest BCUT2D eigenvalue weighted by Crippen LogP contribution is 2.22. The molecule has 0 amide bonds. The number of aliphatic carboxylic acids is 1. The van der Waals surface area contributed by atoms with Gasteiger partial charge in [-0.2, -0.15) is 0 Å². The van der Waals surface area contributed by atoms with Crippen LogP contribution in [0, 0.1) is 0 Å². The third kappa shape index (κ3) is 2.86. The molecule has 0 heterocycles. The number of allylic oxidation sites excluding steroid dienone is 1. The van der Waals surface area contributed by atoms with E-state index < -0.39 is 5.97 Å². The first-order valence-electron chi connectivity index (χ1n) is 5.74. The molecule has 2 heteroatoms. The average molecular weight is 238 g/mol. The number of rotatable bonds is 3. The molecule has 0 aromatic heterocycles. The van der Waals surface area contributed by atoms with Crippen LogP contribution in [0.5, 0.6) is 0 Å². The van der Waals surface area contributed by atoms with Gasteiger partial charge < -0.3 is 5.11 Å². The van der Waals surface area contributed by atoms with E-state index in [2.05, 4.69) is 12.1 Å². The molecule has 0 radical (unpaired) electrons. The molecule has 0 saturated carbocycles. The standard InChI is InChI=1S/C16H14O2/c1-12(11-16(17)18)13-7-9-15(10-8-13)14-5-3-2-4-6-14/h2-11H,1H3,(H,17,18)/b12-11+. The summed E-state index contributed by atoms with van der Waals surface area (Å²) in [6.07, 6.45) is 1.22. The van der Waals surface area contributed by atoms with Crippen molar-refractivity contribution < 1.29 is 9.90 Å². The van der Waals surface area contributed by atoms with Crippen LogP contribution >= 0.6 is 0 Å². The second-order valence-corrected chi connectivity index (χ2v) is 4.11. The van der Waals surface area contributed by atoms with Gasteiger partial charge in [0.25, 0.3) is 0 Å². The summed E-state index contributed by atoms with van der Waals surface area (Å²) >= 11 is 0. The van der Waals surface area contributed by atoms with Gasteiger partial charge in [0.05, 0.1) is 0 Å². The molecule has 90 valence electrons. The zero-order valence-electron chi connectivity index (χ0n) is 10.1. The lowest BCUT2D eigenvalue weighted by atomic mass is 10.0. The van der Waals surface area contributed by atoms with Crippen LogP contribution in [0.3, 0.4) is 0 Å². The molecule has 0 saturated heterocycles. The van der Waals surface area contributed by atoms with Gasteiger partial charge in [0.1, 0.15) is 0 Å². The maximum Gasteiger partial charge on any atom is 0.328 e. The van der Waals surface area contributed by atoms with Gasteiger partial charge >= 0.3 is 5.97 Å². The van der Waals surface area contributed by atoms with Crippen LogP contribution in [0.2, 0.25) is 0 Å². The normalized spacial score (nSPS) is 11.3. The van der Waals surface area contributed by atoms with Gasteiger partial charge in [0.2, 0.25) is 0 Å². The number of hydrogen-bond donors (Lipinski definition) is 1. The molecule has 0 fully saturated rings. The highest BCUT2D eigenvalue weighted by Gasteiger charge is 2.00. The predicted molar refractivity (Wildman–Crippen MR) is 73.2 cm³/mol. The van der Waals surface area contributed by atoms with Crippen LogP contribution < -0.4 is 0 Å². The summed E-state index contributed by atoms with van der Waals surface area (Å²) in [5.41, 5.74) is 3.96. The molecule has 2 aromatic carbocycles. The Morgan fingerprint density at radius 3 is 2.06 bits per heavy atom. The van der Waals surface area contributed by atoms with Crippen molar-refractivity contribution in [1.29, 1.82) is 0 Å². The Kier molecular flexibility index (Phi) is 3.58. The first-order chi connectivity index (χ1) is 8.66. The fourth-order valence-electron chi connectivity index (χ4n) is 1.82. The molecule has 0 aliphatic heterocycles. The highest BCUT2D eigenvalue weighted by molar-refractivity contribution is 5.89. The first-order valence-corrected chi connectivity index (χ1v) is 5.74. The van der Waals surface area contributed by atoms with Gasteiger partial charge in [-0.1, -0.05) is 54.6 Å². The van der Waals surface area contributed by atoms with Crippen molar-refractivity contribution in [2.24, 2.45) is 0 Å². The van der Waals surface area contributed by atoms with E-state index >= 15 is 0 Å². The van der Waals surface area contributed by atoms with E-state index in [1.54, 1.807) is 6.92 Å². The topological polar surface area (TPSA) is 37.3 Å². The van der Waals surface area contributed by atoms with Gasteiger partial charge in [0.15, 0.2) is 0 Å². The summed E-state index contributed by atoms with van der Waals surface area (Å²) in [6.45, 7) is 1.80. The number of carboxylic acid groups (broad SMARTS) is 1. The third-order valence-electron chi connectivity index (χ3n) is 2.79. The van der Waals surface area contributed by atoms with Crippen LogP contribution in [0.1, 0.15) is 12.5 Å². The van der Waals surface area contributed by atoms with E-state index in [4.69, 9.17) is 5.11 Å². The number of carboxylic acids is 1. The van der Waals surface area contributed by atoms with Crippen molar-refractivity contribution >= 4 is 11.5 Å². The van der Waals surface area contributed by atoms with Crippen molar-refractivity contribution in [2.75, 3.05) is 0 Å². The van der Waals surface area contributed by atoms with E-state index in [0.717, 1.165) is 22.3 Å². The van der Waals surface area contributed by atoms with E-state index in [1.807, 2.05) is 42.5 Å². The Bertz CT molecular complexity index is 566. The fraction of sp³-hybridized carbons (Fsp3) is 0.0625. The average Bonchev–Trinajstić information content (AvgIpc) is 2.39. The van der Waals surface area contributed by atoms with E-state index in [1.165, 1.54) is 6.08 Å². The molecule has 0 aliphatic carbocycles. The maximum atomic E-state index is 10.6. The molecule has 0 unspecified atom stereocenters. The zero-order valence-corrected chi connectivity index (χ0v) is 10.1. The minimum atomic E-state index is -0.917. The maximum absolute atomic E-state index is 10.6. The number of carbonyl (C=O) groups is 1. The summed E-state index contributed by atoms with van der Waals surface area (Å²) in [4.78, 5) is 10.6. The lowest BCUT2D eigenvalue weighted by Crippen LogP contribution is -1.90. The largest absolute Gasteiger partial charge is 0.478 e. The van der Waals surface area contributed by atoms with Crippen molar-refractivity contribution in [2.45, 2.75) is 6.92 Å². The van der Waals surface area contributed by atoms with Crippen molar-refractivity contribution in [3.8, 4) is 11.1 Å². The van der Waals surface area contributed by atoms with Crippen LogP contribution in [0.25, 0.3) is 16.7 Å². The lowest BCUT2D eigenvalue weighted by molar-refractivity contribution is -0.131. The minimum Gasteiger partial charge on any atom is -0.478 e. The minimum absolute atomic E-state index is 0.752. The molecule has 0 atom stereocenters. The molecule has 0 aliphatic rings. The predicted octanol–water partition coefficient (Wildman–Crippen LogP) is 3.84. The SMILES string of the molecule is C/C(=C\C(=O)O)c1ccc(-c2ccccc2)cc1. The molecule has 1 N–H and O–H groups in total. The van der Waals surface area contributed by atoms with E-state index in [0.29, 0.717) is 0 Å². The van der Waals surface area contributed by atoms with E-state index in [-0.39, 0.29) is 0 Å². The molecule has 0 bridgehead atoms. The summed E-state index contributed by atoms with van der Waals surface area (Å²) < 4.78 is 0. The molecular formula is C16H14O2. The van der Waals surface area contributed by atoms with Gasteiger partial charge in [-0.3, -0.25) is 0 Å². The van der Waals surface area contributed by atoms with Crippen LogP contribution in [-0.2, 0) is 4.79 Å². The monoisotopic (exact) mass is 238 g/mol. The molecule has 2 aromatic rings. The number of benzene rings is 2. The van der Waals surface area contributed by atoms with Crippen LogP contribution in [-0.4, -0.2) is 11.1 Å².